The number of aromatic carboxylic acids is 1. The van der Waals surface area contributed by atoms with Gasteiger partial charge in [-0.05, 0) is 17.5 Å². The van der Waals surface area contributed by atoms with Crippen molar-refractivity contribution < 1.29 is 14.3 Å². The predicted molar refractivity (Wildman–Crippen MR) is 96.8 cm³/mol. The number of benzene rings is 2. The van der Waals surface area contributed by atoms with E-state index in [2.05, 4.69) is 4.98 Å². The third-order valence-electron chi connectivity index (χ3n) is 4.15. The molecule has 0 radical (unpaired) electrons. The van der Waals surface area contributed by atoms with Crippen molar-refractivity contribution in [2.24, 2.45) is 0 Å². The summed E-state index contributed by atoms with van der Waals surface area (Å²) in [5, 5.41) is 10.6. The van der Waals surface area contributed by atoms with E-state index in [9.17, 15) is 19.1 Å². The summed E-state index contributed by atoms with van der Waals surface area (Å²) >= 11 is 5.80. The molecule has 0 fully saturated rings. The molecule has 2 heterocycles. The first-order valence-corrected chi connectivity index (χ1v) is 7.98. The van der Waals surface area contributed by atoms with E-state index in [1.165, 1.54) is 10.8 Å². The highest BCUT2D eigenvalue weighted by Crippen LogP contribution is 2.26. The topological polar surface area (TPSA) is 72.2 Å². The average molecular weight is 369 g/mol. The normalized spacial score (nSPS) is 11.2. The van der Waals surface area contributed by atoms with Gasteiger partial charge in [0, 0.05) is 11.6 Å². The molecule has 1 N–H and O–H groups in total. The highest BCUT2D eigenvalue weighted by Gasteiger charge is 2.19. The van der Waals surface area contributed by atoms with Crippen LogP contribution in [-0.2, 0) is 0 Å². The Morgan fingerprint density at radius 1 is 1.12 bits per heavy atom. The highest BCUT2D eigenvalue weighted by atomic mass is 35.5. The lowest BCUT2D eigenvalue weighted by molar-refractivity contribution is 0.0695. The average Bonchev–Trinajstić information content (AvgIpc) is 2.63. The fourth-order valence-electron chi connectivity index (χ4n) is 2.96. The first-order valence-electron chi connectivity index (χ1n) is 7.60. The molecule has 26 heavy (non-hydrogen) atoms. The maximum absolute atomic E-state index is 13.9. The Kier molecular flexibility index (Phi) is 3.70. The quantitative estimate of drug-likeness (QED) is 0.542. The highest BCUT2D eigenvalue weighted by molar-refractivity contribution is 6.30. The molecule has 0 saturated carbocycles. The van der Waals surface area contributed by atoms with Gasteiger partial charge in [-0.15, -0.1) is 0 Å². The Balaban J connectivity index is 2.21. The predicted octanol–water partition coefficient (Wildman–Crippen LogP) is 4.03. The molecular weight excluding hydrogens is 359 g/mol. The van der Waals surface area contributed by atoms with E-state index in [0.717, 1.165) is 16.8 Å². The minimum absolute atomic E-state index is 0.0859. The Hall–Kier alpha value is -3.25. The minimum atomic E-state index is -1.40. The number of rotatable bonds is 2. The zero-order valence-electron chi connectivity index (χ0n) is 13.1. The number of hydrogen-bond donors (Lipinski definition) is 1. The van der Waals surface area contributed by atoms with Gasteiger partial charge in [-0.3, -0.25) is 9.36 Å². The number of nitrogens with zero attached hydrogens (tertiary/aromatic N) is 2. The number of carbonyl (C=O) groups is 1. The Morgan fingerprint density at radius 2 is 1.85 bits per heavy atom. The van der Waals surface area contributed by atoms with Gasteiger partial charge >= 0.3 is 5.97 Å². The van der Waals surface area contributed by atoms with Gasteiger partial charge in [-0.25, -0.2) is 14.2 Å². The van der Waals surface area contributed by atoms with Crippen molar-refractivity contribution in [3.05, 3.63) is 81.5 Å². The minimum Gasteiger partial charge on any atom is -0.477 e. The number of halogens is 2. The van der Waals surface area contributed by atoms with Crippen LogP contribution in [0.5, 0.6) is 0 Å². The fourth-order valence-corrected chi connectivity index (χ4v) is 3.09. The first-order chi connectivity index (χ1) is 12.5. The second-order valence-electron chi connectivity index (χ2n) is 5.68. The van der Waals surface area contributed by atoms with Crippen LogP contribution in [0.15, 0.2) is 59.5 Å². The molecule has 0 bridgehead atoms. The maximum Gasteiger partial charge on any atom is 0.341 e. The zero-order valence-corrected chi connectivity index (χ0v) is 13.9. The second-order valence-corrected chi connectivity index (χ2v) is 6.04. The standard InChI is InChI=1S/C19H10ClFN2O3/c20-17-14(21)8-12-16(24)13(19(25)26)9-23(18(12)22-17)15-7-3-5-10-4-1-2-6-11(10)15/h1-9H,(H,25,26). The van der Waals surface area contributed by atoms with E-state index < -0.39 is 27.9 Å². The van der Waals surface area contributed by atoms with Crippen molar-refractivity contribution in [2.75, 3.05) is 0 Å². The lowest BCUT2D eigenvalue weighted by Crippen LogP contribution is -2.19. The van der Waals surface area contributed by atoms with Gasteiger partial charge in [0.2, 0.25) is 5.43 Å². The molecule has 7 heteroatoms. The van der Waals surface area contributed by atoms with Gasteiger partial charge in [0.15, 0.2) is 11.0 Å². The van der Waals surface area contributed by atoms with Crippen LogP contribution in [0.2, 0.25) is 5.15 Å². The van der Waals surface area contributed by atoms with Crippen molar-refractivity contribution >= 4 is 39.4 Å². The molecule has 0 atom stereocenters. The lowest BCUT2D eigenvalue weighted by atomic mass is 10.1. The van der Waals surface area contributed by atoms with Crippen molar-refractivity contribution in [3.8, 4) is 5.69 Å². The molecule has 2 aromatic carbocycles. The van der Waals surface area contributed by atoms with Crippen LogP contribution in [0.1, 0.15) is 10.4 Å². The van der Waals surface area contributed by atoms with Gasteiger partial charge < -0.3 is 5.11 Å². The molecule has 0 spiro atoms. The second kappa shape index (κ2) is 5.93. The van der Waals surface area contributed by atoms with Gasteiger partial charge in [0.25, 0.3) is 0 Å². The van der Waals surface area contributed by atoms with Gasteiger partial charge in [-0.1, -0.05) is 48.0 Å². The van der Waals surface area contributed by atoms with E-state index in [0.29, 0.717) is 5.69 Å². The van der Waals surface area contributed by atoms with E-state index in [-0.39, 0.29) is 11.0 Å². The summed E-state index contributed by atoms with van der Waals surface area (Å²) in [6.07, 6.45) is 1.19. The fraction of sp³-hybridized carbons (Fsp3) is 0. The Labute approximate surface area is 150 Å². The lowest BCUT2D eigenvalue weighted by Gasteiger charge is -2.14. The molecule has 0 aliphatic rings. The van der Waals surface area contributed by atoms with Crippen molar-refractivity contribution in [2.45, 2.75) is 0 Å². The van der Waals surface area contributed by atoms with Gasteiger partial charge in [0.05, 0.1) is 11.1 Å². The van der Waals surface area contributed by atoms with Crippen LogP contribution in [-0.4, -0.2) is 20.6 Å². The van der Waals surface area contributed by atoms with Gasteiger partial charge in [-0.2, -0.15) is 0 Å². The molecule has 0 aliphatic carbocycles. The van der Waals surface area contributed by atoms with Crippen LogP contribution in [0, 0.1) is 5.82 Å². The molecule has 5 nitrogen and oxygen atoms in total. The van der Waals surface area contributed by atoms with Crippen LogP contribution in [0.25, 0.3) is 27.5 Å². The molecule has 0 unspecified atom stereocenters. The molecule has 4 aromatic rings. The summed E-state index contributed by atoms with van der Waals surface area (Å²) < 4.78 is 15.3. The molecule has 2 aromatic heterocycles. The number of aromatic nitrogens is 2. The van der Waals surface area contributed by atoms with E-state index >= 15 is 0 Å². The van der Waals surface area contributed by atoms with E-state index in [4.69, 9.17) is 11.6 Å². The molecule has 4 rings (SSSR count). The molecular formula is C19H10ClFN2O3. The number of carboxylic acid groups (broad SMARTS) is 1. The SMILES string of the molecule is O=C(O)c1cn(-c2cccc3ccccc23)c2nc(Cl)c(F)cc2c1=O. The maximum atomic E-state index is 13.9. The van der Waals surface area contributed by atoms with Gasteiger partial charge in [0.1, 0.15) is 11.2 Å². The summed E-state index contributed by atoms with van der Waals surface area (Å²) in [7, 11) is 0. The first kappa shape index (κ1) is 16.2. The summed E-state index contributed by atoms with van der Waals surface area (Å²) in [6.45, 7) is 0. The van der Waals surface area contributed by atoms with Crippen LogP contribution in [0.4, 0.5) is 4.39 Å². The summed E-state index contributed by atoms with van der Waals surface area (Å²) in [5.74, 6) is -2.29. The zero-order chi connectivity index (χ0) is 18.4. The number of carboxylic acids is 1. The number of fused-ring (bicyclic) bond motifs is 2. The third-order valence-corrected chi connectivity index (χ3v) is 4.41. The molecule has 0 amide bonds. The van der Waals surface area contributed by atoms with Crippen LogP contribution >= 0.6 is 11.6 Å². The summed E-state index contributed by atoms with van der Waals surface area (Å²) in [6, 6.07) is 13.9. The molecule has 128 valence electrons. The van der Waals surface area contributed by atoms with E-state index in [1.807, 2.05) is 30.3 Å². The van der Waals surface area contributed by atoms with Crippen molar-refractivity contribution in [1.29, 1.82) is 0 Å². The Morgan fingerprint density at radius 3 is 2.62 bits per heavy atom. The molecule has 0 saturated heterocycles. The summed E-state index contributed by atoms with van der Waals surface area (Å²) in [4.78, 5) is 27.9. The van der Waals surface area contributed by atoms with Crippen LogP contribution < -0.4 is 5.43 Å². The largest absolute Gasteiger partial charge is 0.477 e. The number of hydrogen-bond acceptors (Lipinski definition) is 3. The van der Waals surface area contributed by atoms with Crippen molar-refractivity contribution in [3.63, 3.8) is 0 Å². The monoisotopic (exact) mass is 368 g/mol. The van der Waals surface area contributed by atoms with Crippen molar-refractivity contribution in [1.82, 2.24) is 9.55 Å². The third kappa shape index (κ3) is 2.43. The smallest absolute Gasteiger partial charge is 0.341 e. The Bertz CT molecular complexity index is 1260. The van der Waals surface area contributed by atoms with Crippen LogP contribution in [0.3, 0.4) is 0 Å². The summed E-state index contributed by atoms with van der Waals surface area (Å²) in [5.41, 5.74) is -0.602. The number of pyridine rings is 2. The van der Waals surface area contributed by atoms with E-state index in [1.54, 1.807) is 12.1 Å². The molecule has 0 aliphatic heterocycles.